The SMILES string of the molecule is O=C1CCC2(CN(C(=O)N3CC4(CC(Cc5ccc(S(=O)(=O)C(F)(F)F)cc5)C4)C3)C2)N1. The molecule has 174 valence electrons. The summed E-state index contributed by atoms with van der Waals surface area (Å²) in [7, 11) is -5.32. The van der Waals surface area contributed by atoms with Crippen LogP contribution in [0.25, 0.3) is 0 Å². The Morgan fingerprint density at radius 2 is 1.66 bits per heavy atom. The Kier molecular flexibility index (Phi) is 4.61. The molecule has 0 bridgehead atoms. The number of halogens is 3. The highest BCUT2D eigenvalue weighted by molar-refractivity contribution is 7.92. The second-order valence-corrected chi connectivity index (χ2v) is 11.8. The van der Waals surface area contributed by atoms with Crippen molar-refractivity contribution in [3.05, 3.63) is 29.8 Å². The Bertz CT molecular complexity index is 1050. The molecular weight excluding hydrogens is 447 g/mol. The van der Waals surface area contributed by atoms with E-state index in [2.05, 4.69) is 5.32 Å². The third-order valence-corrected chi connectivity index (χ3v) is 8.82. The fourth-order valence-corrected chi connectivity index (χ4v) is 6.53. The Morgan fingerprint density at radius 3 is 2.19 bits per heavy atom. The quantitative estimate of drug-likeness (QED) is 0.733. The number of carbonyl (C=O) groups is 2. The Morgan fingerprint density at radius 1 is 1.06 bits per heavy atom. The van der Waals surface area contributed by atoms with Gasteiger partial charge in [-0.3, -0.25) is 4.79 Å². The van der Waals surface area contributed by atoms with Crippen LogP contribution in [0.4, 0.5) is 18.0 Å². The summed E-state index contributed by atoms with van der Waals surface area (Å²) < 4.78 is 60.8. The van der Waals surface area contributed by atoms with Gasteiger partial charge in [0.1, 0.15) is 0 Å². The number of benzene rings is 1. The van der Waals surface area contributed by atoms with Crippen molar-refractivity contribution in [1.29, 1.82) is 0 Å². The van der Waals surface area contributed by atoms with Crippen LogP contribution in [-0.2, 0) is 21.1 Å². The van der Waals surface area contributed by atoms with E-state index in [9.17, 15) is 31.2 Å². The molecule has 32 heavy (non-hydrogen) atoms. The van der Waals surface area contributed by atoms with Gasteiger partial charge in [-0.1, -0.05) is 12.1 Å². The molecule has 1 aliphatic carbocycles. The monoisotopic (exact) mass is 471 g/mol. The average molecular weight is 472 g/mol. The zero-order chi connectivity index (χ0) is 22.9. The first-order valence-corrected chi connectivity index (χ1v) is 12.1. The number of likely N-dealkylation sites (tertiary alicyclic amines) is 2. The van der Waals surface area contributed by atoms with E-state index in [-0.39, 0.29) is 22.9 Å². The van der Waals surface area contributed by atoms with E-state index in [1.807, 2.05) is 4.90 Å². The minimum atomic E-state index is -5.32. The van der Waals surface area contributed by atoms with Crippen LogP contribution in [0.1, 0.15) is 31.2 Å². The van der Waals surface area contributed by atoms with Gasteiger partial charge in [0.15, 0.2) is 0 Å². The van der Waals surface area contributed by atoms with Gasteiger partial charge in [-0.05, 0) is 49.3 Å². The lowest BCUT2D eigenvalue weighted by molar-refractivity contribution is -0.120. The maximum absolute atomic E-state index is 12.6. The van der Waals surface area contributed by atoms with Crippen molar-refractivity contribution < 1.29 is 31.2 Å². The van der Waals surface area contributed by atoms with Gasteiger partial charge in [0.2, 0.25) is 5.91 Å². The van der Waals surface area contributed by atoms with Crippen LogP contribution in [0.5, 0.6) is 0 Å². The lowest BCUT2D eigenvalue weighted by atomic mass is 9.56. The first-order chi connectivity index (χ1) is 14.9. The molecule has 0 radical (unpaired) electrons. The molecule has 11 heteroatoms. The van der Waals surface area contributed by atoms with Gasteiger partial charge < -0.3 is 15.1 Å². The van der Waals surface area contributed by atoms with Gasteiger partial charge in [-0.25, -0.2) is 13.2 Å². The molecule has 1 aromatic rings. The molecule has 0 unspecified atom stereocenters. The predicted molar refractivity (Wildman–Crippen MR) is 107 cm³/mol. The van der Waals surface area contributed by atoms with E-state index in [0.717, 1.165) is 37.0 Å². The largest absolute Gasteiger partial charge is 0.501 e. The van der Waals surface area contributed by atoms with E-state index >= 15 is 0 Å². The van der Waals surface area contributed by atoms with Crippen LogP contribution in [-0.4, -0.2) is 67.4 Å². The number of urea groups is 1. The zero-order valence-electron chi connectivity index (χ0n) is 17.3. The van der Waals surface area contributed by atoms with Crippen LogP contribution in [0.15, 0.2) is 29.2 Å². The third-order valence-electron chi connectivity index (χ3n) is 7.32. The summed E-state index contributed by atoms with van der Waals surface area (Å²) in [5.41, 5.74) is -4.58. The fourth-order valence-electron chi connectivity index (χ4n) is 5.77. The standard InChI is InChI=1S/C21H24F3N3O4S/c22-21(23,24)32(30,31)16-3-1-14(2-4-16)7-15-8-19(9-15)10-26(11-19)18(29)27-12-20(13-27)6-5-17(28)25-20/h1-4,15H,5-13H2,(H,25,28). The van der Waals surface area contributed by atoms with Crippen LogP contribution >= 0.6 is 0 Å². The van der Waals surface area contributed by atoms with Gasteiger partial charge in [0.25, 0.3) is 9.84 Å². The van der Waals surface area contributed by atoms with Gasteiger partial charge in [-0.2, -0.15) is 13.2 Å². The summed E-state index contributed by atoms with van der Waals surface area (Å²) in [6.07, 6.45) is 3.87. The Labute approximate surface area is 183 Å². The Balaban J connectivity index is 1.08. The molecular formula is C21H24F3N3O4S. The maximum atomic E-state index is 12.6. The molecule has 1 N–H and O–H groups in total. The molecule has 2 spiro atoms. The van der Waals surface area contributed by atoms with Crippen molar-refractivity contribution in [2.24, 2.45) is 11.3 Å². The lowest BCUT2D eigenvalue weighted by Gasteiger charge is -2.61. The van der Waals surface area contributed by atoms with Crippen LogP contribution in [0.3, 0.4) is 0 Å². The summed E-state index contributed by atoms with van der Waals surface area (Å²) in [6.45, 7) is 2.56. The van der Waals surface area contributed by atoms with Crippen molar-refractivity contribution in [2.75, 3.05) is 26.2 Å². The molecule has 0 aromatic heterocycles. The highest BCUT2D eigenvalue weighted by Crippen LogP contribution is 2.53. The van der Waals surface area contributed by atoms with Gasteiger partial charge in [0.05, 0.1) is 10.4 Å². The number of rotatable bonds is 3. The number of sulfone groups is 1. The third kappa shape index (κ3) is 3.45. The van der Waals surface area contributed by atoms with E-state index in [1.165, 1.54) is 12.1 Å². The molecule has 3 amide bonds. The first kappa shape index (κ1) is 21.5. The average Bonchev–Trinajstić information content (AvgIpc) is 3.02. The minimum absolute atomic E-state index is 0.0207. The van der Waals surface area contributed by atoms with Crippen molar-refractivity contribution in [1.82, 2.24) is 15.1 Å². The van der Waals surface area contributed by atoms with E-state index in [0.29, 0.717) is 44.9 Å². The molecule has 3 heterocycles. The summed E-state index contributed by atoms with van der Waals surface area (Å²) in [5, 5.41) is 2.97. The van der Waals surface area contributed by atoms with Gasteiger partial charge >= 0.3 is 11.5 Å². The van der Waals surface area contributed by atoms with Crippen LogP contribution < -0.4 is 5.32 Å². The second kappa shape index (κ2) is 6.85. The summed E-state index contributed by atoms with van der Waals surface area (Å²) >= 11 is 0. The lowest BCUT2D eigenvalue weighted by Crippen LogP contribution is -2.73. The smallest absolute Gasteiger partial charge is 0.347 e. The topological polar surface area (TPSA) is 86.8 Å². The zero-order valence-corrected chi connectivity index (χ0v) is 18.1. The minimum Gasteiger partial charge on any atom is -0.347 e. The number of nitrogens with one attached hydrogen (secondary N) is 1. The highest BCUT2D eigenvalue weighted by Gasteiger charge is 2.56. The molecule has 4 aliphatic rings. The summed E-state index contributed by atoms with van der Waals surface area (Å²) in [6, 6.07) is 4.95. The molecule has 7 nitrogen and oxygen atoms in total. The summed E-state index contributed by atoms with van der Waals surface area (Å²) in [4.78, 5) is 26.9. The molecule has 0 atom stereocenters. The fraction of sp³-hybridized carbons (Fsp3) is 0.619. The molecule has 3 saturated heterocycles. The molecule has 1 saturated carbocycles. The van der Waals surface area contributed by atoms with E-state index in [1.54, 1.807) is 4.90 Å². The van der Waals surface area contributed by atoms with Crippen molar-refractivity contribution in [2.45, 2.75) is 48.0 Å². The van der Waals surface area contributed by atoms with Crippen LogP contribution in [0.2, 0.25) is 0 Å². The second-order valence-electron chi connectivity index (χ2n) is 9.89. The molecule has 3 aliphatic heterocycles. The van der Waals surface area contributed by atoms with Gasteiger partial charge in [0, 0.05) is 38.0 Å². The van der Waals surface area contributed by atoms with Crippen molar-refractivity contribution in [3.8, 4) is 0 Å². The van der Waals surface area contributed by atoms with Crippen molar-refractivity contribution >= 4 is 21.8 Å². The van der Waals surface area contributed by atoms with Gasteiger partial charge in [-0.15, -0.1) is 0 Å². The number of amides is 3. The van der Waals surface area contributed by atoms with Crippen LogP contribution in [0, 0.1) is 11.3 Å². The maximum Gasteiger partial charge on any atom is 0.501 e. The van der Waals surface area contributed by atoms with E-state index < -0.39 is 20.2 Å². The number of hydrogen-bond donors (Lipinski definition) is 1. The molecule has 5 rings (SSSR count). The number of alkyl halides is 3. The summed E-state index contributed by atoms with van der Waals surface area (Å²) in [5.74, 6) is 0.426. The number of nitrogens with zero attached hydrogens (tertiary/aromatic N) is 2. The first-order valence-electron chi connectivity index (χ1n) is 10.7. The number of hydrogen-bond acceptors (Lipinski definition) is 4. The number of carbonyl (C=O) groups excluding carboxylic acids is 2. The molecule has 1 aromatic carbocycles. The van der Waals surface area contributed by atoms with E-state index in [4.69, 9.17) is 0 Å². The molecule has 4 fully saturated rings. The Hall–Kier alpha value is -2.30. The normalized spacial score (nSPS) is 24.2. The van der Waals surface area contributed by atoms with Crippen molar-refractivity contribution in [3.63, 3.8) is 0 Å². The highest BCUT2D eigenvalue weighted by atomic mass is 32.2. The predicted octanol–water partition coefficient (Wildman–Crippen LogP) is 2.32.